The second-order valence-corrected chi connectivity index (χ2v) is 8.67. The fraction of sp³-hybridized carbons (Fsp3) is 0.136. The predicted molar refractivity (Wildman–Crippen MR) is 100 cm³/mol. The Morgan fingerprint density at radius 2 is 1.52 bits per heavy atom. The molecule has 2 atom stereocenters. The standard InChI is InChI=1S/C22H18O2Se/c1-15-9-8-14-18-19(15)21(25-17-12-6-3-7-13-17)20(24-22(18)23)16-10-4-2-5-11-16/h2-14,20-21H,1H3. The van der Waals surface area contributed by atoms with Crippen molar-refractivity contribution in [3.63, 3.8) is 0 Å². The van der Waals surface area contributed by atoms with Gasteiger partial charge in [0, 0.05) is 0 Å². The molecule has 0 N–H and O–H groups in total. The van der Waals surface area contributed by atoms with Crippen molar-refractivity contribution in [3.05, 3.63) is 101 Å². The van der Waals surface area contributed by atoms with E-state index < -0.39 is 0 Å². The molecule has 3 heteroatoms. The predicted octanol–water partition coefficient (Wildman–Crippen LogP) is 3.98. The van der Waals surface area contributed by atoms with Gasteiger partial charge in [0.15, 0.2) is 0 Å². The van der Waals surface area contributed by atoms with Gasteiger partial charge in [0.1, 0.15) is 0 Å². The Kier molecular flexibility index (Phi) is 4.44. The van der Waals surface area contributed by atoms with Crippen LogP contribution < -0.4 is 4.46 Å². The first kappa shape index (κ1) is 16.1. The number of hydrogen-bond acceptors (Lipinski definition) is 2. The molecular weight excluding hydrogens is 375 g/mol. The Bertz CT molecular complexity index is 890. The maximum absolute atomic E-state index is 12.6. The minimum atomic E-state index is -0.234. The van der Waals surface area contributed by atoms with Crippen molar-refractivity contribution in [3.8, 4) is 0 Å². The Morgan fingerprint density at radius 1 is 0.840 bits per heavy atom. The Hall–Kier alpha value is -2.35. The van der Waals surface area contributed by atoms with E-state index in [9.17, 15) is 4.79 Å². The zero-order chi connectivity index (χ0) is 17.2. The van der Waals surface area contributed by atoms with E-state index >= 15 is 0 Å². The molecule has 0 amide bonds. The fourth-order valence-corrected chi connectivity index (χ4v) is 6.16. The van der Waals surface area contributed by atoms with Crippen molar-refractivity contribution in [1.29, 1.82) is 0 Å². The van der Waals surface area contributed by atoms with Gasteiger partial charge >= 0.3 is 154 Å². The monoisotopic (exact) mass is 394 g/mol. The molecule has 1 heterocycles. The molecule has 124 valence electrons. The summed E-state index contributed by atoms with van der Waals surface area (Å²) in [5, 5.41) is 0. The molecule has 0 spiro atoms. The van der Waals surface area contributed by atoms with Crippen LogP contribution in [-0.4, -0.2) is 20.9 Å². The Labute approximate surface area is 154 Å². The van der Waals surface area contributed by atoms with Crippen LogP contribution in [0.25, 0.3) is 0 Å². The Balaban J connectivity index is 1.84. The van der Waals surface area contributed by atoms with Crippen LogP contribution in [0.15, 0.2) is 78.9 Å². The molecule has 3 aromatic rings. The molecule has 0 fully saturated rings. The molecule has 0 radical (unpaired) electrons. The minimum absolute atomic E-state index is 0.156. The number of rotatable bonds is 3. The third kappa shape index (κ3) is 3.13. The van der Waals surface area contributed by atoms with Crippen molar-refractivity contribution < 1.29 is 9.53 Å². The Morgan fingerprint density at radius 3 is 2.24 bits per heavy atom. The molecule has 0 aliphatic carbocycles. The average Bonchev–Trinajstić information content (AvgIpc) is 2.65. The molecule has 25 heavy (non-hydrogen) atoms. The van der Waals surface area contributed by atoms with Crippen molar-refractivity contribution >= 4 is 25.4 Å². The summed E-state index contributed by atoms with van der Waals surface area (Å²) in [6, 6.07) is 26.5. The van der Waals surface area contributed by atoms with E-state index in [4.69, 9.17) is 4.74 Å². The zero-order valence-corrected chi connectivity index (χ0v) is 15.6. The van der Waals surface area contributed by atoms with Crippen LogP contribution >= 0.6 is 0 Å². The van der Waals surface area contributed by atoms with Crippen molar-refractivity contribution in [2.75, 3.05) is 0 Å². The summed E-state index contributed by atoms with van der Waals surface area (Å²) in [4.78, 5) is 12.8. The average molecular weight is 393 g/mol. The zero-order valence-electron chi connectivity index (χ0n) is 13.9. The summed E-state index contributed by atoms with van der Waals surface area (Å²) in [5.74, 6) is -0.215. The second-order valence-electron chi connectivity index (χ2n) is 6.12. The van der Waals surface area contributed by atoms with Gasteiger partial charge in [-0.15, -0.1) is 0 Å². The SMILES string of the molecule is Cc1cccc2c1C([Se]c1ccccc1)C(c1ccccc1)OC2=O. The van der Waals surface area contributed by atoms with Crippen molar-refractivity contribution in [1.82, 2.24) is 0 Å². The second kappa shape index (κ2) is 6.87. The number of hydrogen-bond donors (Lipinski definition) is 0. The van der Waals surface area contributed by atoms with Gasteiger partial charge in [-0.05, 0) is 0 Å². The van der Waals surface area contributed by atoms with Crippen LogP contribution in [0.1, 0.15) is 38.0 Å². The summed E-state index contributed by atoms with van der Waals surface area (Å²) in [5.41, 5.74) is 4.09. The number of esters is 1. The van der Waals surface area contributed by atoms with Crippen LogP contribution in [0.3, 0.4) is 0 Å². The molecule has 3 aromatic carbocycles. The first-order chi connectivity index (χ1) is 12.2. The van der Waals surface area contributed by atoms with Gasteiger partial charge in [-0.25, -0.2) is 0 Å². The number of fused-ring (bicyclic) bond motifs is 1. The molecule has 1 aliphatic rings. The van der Waals surface area contributed by atoms with Crippen molar-refractivity contribution in [2.45, 2.75) is 17.8 Å². The van der Waals surface area contributed by atoms with Crippen LogP contribution in [0, 0.1) is 6.92 Å². The molecule has 2 nitrogen and oxygen atoms in total. The summed E-state index contributed by atoms with van der Waals surface area (Å²) in [7, 11) is 0. The third-order valence-electron chi connectivity index (χ3n) is 4.47. The van der Waals surface area contributed by atoms with Gasteiger partial charge in [0.25, 0.3) is 0 Å². The summed E-state index contributed by atoms with van der Waals surface area (Å²) in [6.07, 6.45) is -0.234. The van der Waals surface area contributed by atoms with Gasteiger partial charge in [-0.2, -0.15) is 0 Å². The molecule has 0 bridgehead atoms. The molecule has 0 saturated heterocycles. The van der Waals surface area contributed by atoms with E-state index in [0.717, 1.165) is 22.3 Å². The number of benzene rings is 3. The quantitative estimate of drug-likeness (QED) is 0.497. The van der Waals surface area contributed by atoms with Crippen LogP contribution in [0.4, 0.5) is 0 Å². The third-order valence-corrected chi connectivity index (χ3v) is 7.16. The molecule has 0 aromatic heterocycles. The molecule has 0 saturated carbocycles. The van der Waals surface area contributed by atoms with Crippen LogP contribution in [-0.2, 0) is 4.74 Å². The van der Waals surface area contributed by atoms with Gasteiger partial charge in [0.2, 0.25) is 0 Å². The normalized spacial score (nSPS) is 19.2. The molecule has 4 rings (SSSR count). The molecule has 2 unspecified atom stereocenters. The molecule has 1 aliphatic heterocycles. The number of carbonyl (C=O) groups excluding carboxylic acids is 1. The number of carbonyl (C=O) groups is 1. The van der Waals surface area contributed by atoms with Crippen LogP contribution in [0.2, 0.25) is 0 Å². The van der Waals surface area contributed by atoms with E-state index in [2.05, 4.69) is 49.4 Å². The van der Waals surface area contributed by atoms with Gasteiger partial charge in [-0.3, -0.25) is 0 Å². The van der Waals surface area contributed by atoms with E-state index in [0.29, 0.717) is 0 Å². The topological polar surface area (TPSA) is 26.3 Å². The van der Waals surface area contributed by atoms with Gasteiger partial charge in [0.05, 0.1) is 0 Å². The van der Waals surface area contributed by atoms with E-state index in [1.807, 2.05) is 36.4 Å². The van der Waals surface area contributed by atoms with Gasteiger partial charge < -0.3 is 0 Å². The number of ether oxygens (including phenoxy) is 1. The fourth-order valence-electron chi connectivity index (χ4n) is 3.28. The van der Waals surface area contributed by atoms with Crippen LogP contribution in [0.5, 0.6) is 0 Å². The molecular formula is C22H18O2Se. The van der Waals surface area contributed by atoms with Crippen molar-refractivity contribution in [2.24, 2.45) is 0 Å². The summed E-state index contributed by atoms with van der Waals surface area (Å²) in [6.45, 7) is 2.09. The summed E-state index contributed by atoms with van der Waals surface area (Å²) < 4.78 is 7.23. The maximum atomic E-state index is 12.6. The van der Waals surface area contributed by atoms with E-state index in [1.165, 1.54) is 4.46 Å². The first-order valence-corrected chi connectivity index (χ1v) is 10.2. The van der Waals surface area contributed by atoms with E-state index in [1.54, 1.807) is 0 Å². The first-order valence-electron chi connectivity index (χ1n) is 8.31. The summed E-state index contributed by atoms with van der Waals surface area (Å²) >= 11 is 0.156. The van der Waals surface area contributed by atoms with Gasteiger partial charge in [-0.1, -0.05) is 0 Å². The number of aryl methyl sites for hydroxylation is 1. The van der Waals surface area contributed by atoms with E-state index in [-0.39, 0.29) is 31.8 Å². The number of cyclic esters (lactones) is 1.